The Labute approximate surface area is 193 Å². The monoisotopic (exact) mass is 479 g/mol. The van der Waals surface area contributed by atoms with E-state index in [0.29, 0.717) is 23.6 Å². The van der Waals surface area contributed by atoms with Crippen LogP contribution in [0.25, 0.3) is 0 Å². The van der Waals surface area contributed by atoms with Gasteiger partial charge in [-0.2, -0.15) is 4.31 Å². The molecule has 2 fully saturated rings. The van der Waals surface area contributed by atoms with Gasteiger partial charge in [-0.15, -0.1) is 0 Å². The van der Waals surface area contributed by atoms with E-state index in [9.17, 15) is 17.6 Å². The van der Waals surface area contributed by atoms with E-state index in [1.807, 2.05) is 12.1 Å². The van der Waals surface area contributed by atoms with Crippen LogP contribution in [0, 0.1) is 11.7 Å². The molecule has 2 saturated heterocycles. The Morgan fingerprint density at radius 3 is 2.38 bits per heavy atom. The van der Waals surface area contributed by atoms with E-state index in [-0.39, 0.29) is 29.8 Å². The first-order valence-corrected chi connectivity index (χ1v) is 12.8. The molecule has 0 aliphatic carbocycles. The Balaban J connectivity index is 1.42. The van der Waals surface area contributed by atoms with E-state index >= 15 is 0 Å². The van der Waals surface area contributed by atoms with Crippen molar-refractivity contribution in [3.63, 3.8) is 0 Å². The summed E-state index contributed by atoms with van der Waals surface area (Å²) < 4.78 is 40.9. The fraction of sp³-hybridized carbons (Fsp3) is 0.435. The van der Waals surface area contributed by atoms with E-state index in [1.54, 1.807) is 6.07 Å². The lowest BCUT2D eigenvalue weighted by atomic mass is 9.97. The smallest absolute Gasteiger partial charge is 0.245 e. The van der Waals surface area contributed by atoms with Gasteiger partial charge in [0.1, 0.15) is 10.7 Å². The fourth-order valence-corrected chi connectivity index (χ4v) is 6.11. The second-order valence-corrected chi connectivity index (χ2v) is 10.7. The molecule has 1 amide bonds. The van der Waals surface area contributed by atoms with Crippen molar-refractivity contribution in [2.24, 2.45) is 5.92 Å². The highest BCUT2D eigenvalue weighted by molar-refractivity contribution is 7.89. The minimum absolute atomic E-state index is 0.145. The van der Waals surface area contributed by atoms with Gasteiger partial charge in [0, 0.05) is 37.1 Å². The molecule has 2 aliphatic heterocycles. The largest absolute Gasteiger partial charge is 0.370 e. The fourth-order valence-electron chi connectivity index (χ4n) is 4.41. The molecule has 2 aromatic rings. The molecule has 0 saturated carbocycles. The lowest BCUT2D eigenvalue weighted by molar-refractivity contribution is -0.120. The Morgan fingerprint density at radius 2 is 1.69 bits per heavy atom. The molecule has 0 spiro atoms. The number of nitrogens with one attached hydrogen (secondary N) is 1. The molecule has 0 radical (unpaired) electrons. The van der Waals surface area contributed by atoms with Crippen molar-refractivity contribution in [1.29, 1.82) is 0 Å². The predicted octanol–water partition coefficient (Wildman–Crippen LogP) is 4.51. The molecule has 6 nitrogen and oxygen atoms in total. The summed E-state index contributed by atoms with van der Waals surface area (Å²) in [5.41, 5.74) is 1.65. The van der Waals surface area contributed by atoms with Crippen LogP contribution < -0.4 is 10.2 Å². The average molecular weight is 480 g/mol. The van der Waals surface area contributed by atoms with Crippen LogP contribution in [0.3, 0.4) is 0 Å². The van der Waals surface area contributed by atoms with Gasteiger partial charge in [-0.3, -0.25) is 4.79 Å². The number of rotatable bonds is 5. The molecule has 2 heterocycles. The van der Waals surface area contributed by atoms with Crippen LogP contribution in [0.4, 0.5) is 15.8 Å². The Kier molecular flexibility index (Phi) is 7.02. The van der Waals surface area contributed by atoms with Gasteiger partial charge >= 0.3 is 0 Å². The van der Waals surface area contributed by atoms with Gasteiger partial charge in [-0.1, -0.05) is 23.7 Å². The summed E-state index contributed by atoms with van der Waals surface area (Å²) in [6.45, 7) is 2.22. The molecule has 172 valence electrons. The maximum Gasteiger partial charge on any atom is 0.245 e. The zero-order chi connectivity index (χ0) is 22.7. The number of benzene rings is 2. The summed E-state index contributed by atoms with van der Waals surface area (Å²) in [5.74, 6) is -1.23. The molecule has 1 N–H and O–H groups in total. The Morgan fingerprint density at radius 1 is 1.00 bits per heavy atom. The second kappa shape index (κ2) is 9.77. The topological polar surface area (TPSA) is 69.7 Å². The molecular weight excluding hydrogens is 453 g/mol. The number of carbonyl (C=O) groups is 1. The molecule has 9 heteroatoms. The van der Waals surface area contributed by atoms with Crippen LogP contribution in [-0.2, 0) is 14.8 Å². The van der Waals surface area contributed by atoms with Gasteiger partial charge in [0.15, 0.2) is 0 Å². The zero-order valence-electron chi connectivity index (χ0n) is 17.8. The summed E-state index contributed by atoms with van der Waals surface area (Å²) in [6.07, 6.45) is 4.19. The second-order valence-electron chi connectivity index (χ2n) is 8.31. The highest BCUT2D eigenvalue weighted by Gasteiger charge is 2.33. The predicted molar refractivity (Wildman–Crippen MR) is 124 cm³/mol. The molecule has 4 rings (SSSR count). The van der Waals surface area contributed by atoms with Gasteiger partial charge in [0.05, 0.1) is 11.4 Å². The Bertz CT molecular complexity index is 1080. The van der Waals surface area contributed by atoms with Gasteiger partial charge in [0.25, 0.3) is 0 Å². The molecule has 0 unspecified atom stereocenters. The zero-order valence-corrected chi connectivity index (χ0v) is 19.3. The van der Waals surface area contributed by atoms with Crippen LogP contribution in [0.15, 0.2) is 47.4 Å². The molecule has 2 aliphatic rings. The van der Waals surface area contributed by atoms with Crippen LogP contribution in [-0.4, -0.2) is 44.8 Å². The molecule has 0 aromatic heterocycles. The first-order chi connectivity index (χ1) is 15.4. The number of hydrogen-bond donors (Lipinski definition) is 1. The van der Waals surface area contributed by atoms with E-state index in [0.717, 1.165) is 37.7 Å². The van der Waals surface area contributed by atoms with Crippen LogP contribution >= 0.6 is 11.6 Å². The van der Waals surface area contributed by atoms with E-state index in [2.05, 4.69) is 10.2 Å². The molecule has 32 heavy (non-hydrogen) atoms. The number of piperidine rings is 2. The third-order valence-electron chi connectivity index (χ3n) is 6.19. The van der Waals surface area contributed by atoms with Gasteiger partial charge in [0.2, 0.25) is 15.9 Å². The van der Waals surface area contributed by atoms with Gasteiger partial charge in [-0.05, 0) is 62.4 Å². The number of carbonyl (C=O) groups excluding carboxylic acids is 1. The normalized spacial score (nSPS) is 18.5. The standard InChI is InChI=1S/C23H27ClFN3O3S/c24-18-8-9-21(27-12-4-1-5-13-27)20(16-18)26-23(29)17-10-14-28(15-11-17)32(30,31)22-7-3-2-6-19(22)25/h2-3,6-9,16-17H,1,4-5,10-15H2,(H,26,29). The number of nitrogens with zero attached hydrogens (tertiary/aromatic N) is 2. The number of anilines is 2. The summed E-state index contributed by atoms with van der Waals surface area (Å²) in [5, 5.41) is 3.57. The summed E-state index contributed by atoms with van der Waals surface area (Å²) >= 11 is 6.19. The first-order valence-electron chi connectivity index (χ1n) is 11.0. The maximum absolute atomic E-state index is 14.0. The van der Waals surface area contributed by atoms with Crippen molar-refractivity contribution in [2.45, 2.75) is 37.0 Å². The number of hydrogen-bond acceptors (Lipinski definition) is 4. The Hall–Kier alpha value is -2.16. The number of halogens is 2. The van der Waals surface area contributed by atoms with Gasteiger partial charge < -0.3 is 10.2 Å². The van der Waals surface area contributed by atoms with Gasteiger partial charge in [-0.25, -0.2) is 12.8 Å². The average Bonchev–Trinajstić information content (AvgIpc) is 2.80. The summed E-state index contributed by atoms with van der Waals surface area (Å²) in [7, 11) is -3.93. The lowest BCUT2D eigenvalue weighted by Gasteiger charge is -2.32. The molecule has 0 bridgehead atoms. The van der Waals surface area contributed by atoms with Crippen molar-refractivity contribution in [2.75, 3.05) is 36.4 Å². The third kappa shape index (κ3) is 4.92. The summed E-state index contributed by atoms with van der Waals surface area (Å²) in [4.78, 5) is 14.9. The molecule has 0 atom stereocenters. The number of amides is 1. The number of sulfonamides is 1. The van der Waals surface area contributed by atoms with E-state index in [4.69, 9.17) is 11.6 Å². The van der Waals surface area contributed by atoms with Crippen LogP contribution in [0.2, 0.25) is 5.02 Å². The van der Waals surface area contributed by atoms with E-state index < -0.39 is 15.8 Å². The first kappa shape index (κ1) is 23.0. The SMILES string of the molecule is O=C(Nc1cc(Cl)ccc1N1CCCCC1)C1CCN(S(=O)(=O)c2ccccc2F)CC1. The van der Waals surface area contributed by atoms with Crippen molar-refractivity contribution in [1.82, 2.24) is 4.31 Å². The van der Waals surface area contributed by atoms with Crippen molar-refractivity contribution < 1.29 is 17.6 Å². The molecule has 2 aromatic carbocycles. The quantitative estimate of drug-likeness (QED) is 0.685. The summed E-state index contributed by atoms with van der Waals surface area (Å²) in [6, 6.07) is 10.9. The molecular formula is C23H27ClFN3O3S. The van der Waals surface area contributed by atoms with Crippen molar-refractivity contribution >= 4 is 38.9 Å². The van der Waals surface area contributed by atoms with Crippen LogP contribution in [0.5, 0.6) is 0 Å². The highest BCUT2D eigenvalue weighted by atomic mass is 35.5. The maximum atomic E-state index is 14.0. The van der Waals surface area contributed by atoms with Crippen molar-refractivity contribution in [3.8, 4) is 0 Å². The van der Waals surface area contributed by atoms with Crippen LogP contribution in [0.1, 0.15) is 32.1 Å². The van der Waals surface area contributed by atoms with E-state index in [1.165, 1.54) is 28.9 Å². The lowest BCUT2D eigenvalue weighted by Crippen LogP contribution is -2.41. The minimum Gasteiger partial charge on any atom is -0.370 e. The third-order valence-corrected chi connectivity index (χ3v) is 8.36. The minimum atomic E-state index is -3.93. The highest BCUT2D eigenvalue weighted by Crippen LogP contribution is 2.33. The van der Waals surface area contributed by atoms with Crippen molar-refractivity contribution in [3.05, 3.63) is 53.3 Å².